The number of rotatable bonds is 4. The highest BCUT2D eigenvalue weighted by atomic mass is 16.6. The lowest BCUT2D eigenvalue weighted by atomic mass is 9.47. The Morgan fingerprint density at radius 2 is 1.71 bits per heavy atom. The Bertz CT molecular complexity index is 410. The van der Waals surface area contributed by atoms with Gasteiger partial charge in [-0.05, 0) is 50.9 Å². The molecule has 2 aliphatic carbocycles. The monoisotopic (exact) mass is 296 g/mol. The van der Waals surface area contributed by atoms with Crippen LogP contribution in [-0.4, -0.2) is 24.6 Å². The Kier molecular flexibility index (Phi) is 4.64. The van der Waals surface area contributed by atoms with Gasteiger partial charge in [0.25, 0.3) is 0 Å². The molecule has 4 nitrogen and oxygen atoms in total. The van der Waals surface area contributed by atoms with Gasteiger partial charge in [-0.25, -0.2) is 0 Å². The molecule has 3 atom stereocenters. The average molecular weight is 296 g/mol. The average Bonchev–Trinajstić information content (AvgIpc) is 2.34. The van der Waals surface area contributed by atoms with E-state index in [2.05, 4.69) is 0 Å². The van der Waals surface area contributed by atoms with Gasteiger partial charge in [-0.15, -0.1) is 0 Å². The van der Waals surface area contributed by atoms with Crippen molar-refractivity contribution in [2.45, 2.75) is 71.3 Å². The van der Waals surface area contributed by atoms with Crippen molar-refractivity contribution in [1.82, 2.24) is 0 Å². The third kappa shape index (κ3) is 3.78. The molecule has 0 saturated heterocycles. The number of fused-ring (bicyclic) bond motifs is 1. The van der Waals surface area contributed by atoms with E-state index in [-0.39, 0.29) is 17.4 Å². The zero-order valence-electron chi connectivity index (χ0n) is 13.7. The van der Waals surface area contributed by atoms with Crippen molar-refractivity contribution in [2.24, 2.45) is 17.3 Å². The number of ether oxygens (including phenoxy) is 2. The Morgan fingerprint density at radius 3 is 2.29 bits per heavy atom. The zero-order valence-corrected chi connectivity index (χ0v) is 13.7. The van der Waals surface area contributed by atoms with E-state index in [0.717, 1.165) is 12.8 Å². The molecule has 0 aliphatic heterocycles. The van der Waals surface area contributed by atoms with Gasteiger partial charge in [-0.3, -0.25) is 9.59 Å². The quantitative estimate of drug-likeness (QED) is 0.745. The molecule has 2 fully saturated rings. The maximum absolute atomic E-state index is 12.2. The van der Waals surface area contributed by atoms with E-state index >= 15 is 0 Å². The van der Waals surface area contributed by atoms with Crippen molar-refractivity contribution >= 4 is 11.9 Å². The maximum atomic E-state index is 12.2. The van der Waals surface area contributed by atoms with E-state index in [9.17, 15) is 9.59 Å². The minimum Gasteiger partial charge on any atom is -0.469 e. The molecule has 0 bridgehead atoms. The van der Waals surface area contributed by atoms with Crippen LogP contribution in [-0.2, 0) is 19.1 Å². The summed E-state index contributed by atoms with van der Waals surface area (Å²) in [5.41, 5.74) is -0.695. The van der Waals surface area contributed by atoms with Crippen LogP contribution < -0.4 is 0 Å². The summed E-state index contributed by atoms with van der Waals surface area (Å²) in [7, 11) is 1.42. The molecule has 120 valence electrons. The molecule has 0 unspecified atom stereocenters. The second-order valence-corrected chi connectivity index (χ2v) is 7.73. The van der Waals surface area contributed by atoms with E-state index in [1.165, 1.54) is 26.4 Å². The lowest BCUT2D eigenvalue weighted by Crippen LogP contribution is -2.52. The Balaban J connectivity index is 2.06. The molecule has 0 heterocycles. The first-order chi connectivity index (χ1) is 9.76. The van der Waals surface area contributed by atoms with E-state index in [1.807, 2.05) is 20.8 Å². The third-order valence-electron chi connectivity index (χ3n) is 5.00. The highest BCUT2D eigenvalue weighted by molar-refractivity contribution is 5.75. The van der Waals surface area contributed by atoms with Gasteiger partial charge >= 0.3 is 11.9 Å². The van der Waals surface area contributed by atoms with Crippen molar-refractivity contribution in [3.63, 3.8) is 0 Å². The van der Waals surface area contributed by atoms with Gasteiger partial charge in [-0.1, -0.05) is 19.3 Å². The molecule has 0 N–H and O–H groups in total. The first-order valence-corrected chi connectivity index (χ1v) is 8.04. The van der Waals surface area contributed by atoms with Crippen LogP contribution in [0.1, 0.15) is 65.7 Å². The predicted molar refractivity (Wildman–Crippen MR) is 79.6 cm³/mol. The van der Waals surface area contributed by atoms with Gasteiger partial charge in [-0.2, -0.15) is 0 Å². The molecule has 4 heteroatoms. The first-order valence-electron chi connectivity index (χ1n) is 8.04. The molecule has 0 spiro atoms. The van der Waals surface area contributed by atoms with Gasteiger partial charge in [0.05, 0.1) is 20.0 Å². The van der Waals surface area contributed by atoms with Gasteiger partial charge in [0.1, 0.15) is 5.60 Å². The standard InChI is InChI=1S/C17H28O4/c1-16(2,3)21-15(19)11-17(10-14(18)20-4)9-12-7-5-6-8-13(12)17/h12-13H,5-11H2,1-4H3/t12-,13-,17+/m0/s1. The molecule has 2 saturated carbocycles. The lowest BCUT2D eigenvalue weighted by molar-refractivity contribution is -0.171. The molecule has 0 aromatic heterocycles. The summed E-state index contributed by atoms with van der Waals surface area (Å²) in [4.78, 5) is 24.0. The Hall–Kier alpha value is -1.06. The van der Waals surface area contributed by atoms with Crippen LogP contribution in [0.4, 0.5) is 0 Å². The fraction of sp³-hybridized carbons (Fsp3) is 0.882. The minimum atomic E-state index is -0.473. The molecule has 0 amide bonds. The van der Waals surface area contributed by atoms with E-state index < -0.39 is 5.60 Å². The summed E-state index contributed by atoms with van der Waals surface area (Å²) in [6, 6.07) is 0. The number of carbonyl (C=O) groups excluding carboxylic acids is 2. The van der Waals surface area contributed by atoms with Gasteiger partial charge in [0.15, 0.2) is 0 Å². The van der Waals surface area contributed by atoms with E-state index in [1.54, 1.807) is 0 Å². The molecule has 2 rings (SSSR count). The van der Waals surface area contributed by atoms with Crippen LogP contribution in [0.5, 0.6) is 0 Å². The molecule has 0 aromatic rings. The van der Waals surface area contributed by atoms with Crippen LogP contribution in [0.15, 0.2) is 0 Å². The molecular weight excluding hydrogens is 268 g/mol. The summed E-state index contributed by atoms with van der Waals surface area (Å²) in [6.07, 6.45) is 6.52. The number of methoxy groups -OCH3 is 1. The van der Waals surface area contributed by atoms with Gasteiger partial charge < -0.3 is 9.47 Å². The second-order valence-electron chi connectivity index (χ2n) is 7.73. The zero-order chi connectivity index (χ0) is 15.7. The largest absolute Gasteiger partial charge is 0.469 e. The molecule has 21 heavy (non-hydrogen) atoms. The maximum Gasteiger partial charge on any atom is 0.306 e. The first kappa shape index (κ1) is 16.3. The number of hydrogen-bond acceptors (Lipinski definition) is 4. The van der Waals surface area contributed by atoms with Crippen LogP contribution in [0, 0.1) is 17.3 Å². The van der Waals surface area contributed by atoms with Crippen LogP contribution in [0.3, 0.4) is 0 Å². The lowest BCUT2D eigenvalue weighted by Gasteiger charge is -2.57. The molecule has 0 aromatic carbocycles. The van der Waals surface area contributed by atoms with Crippen molar-refractivity contribution in [1.29, 1.82) is 0 Å². The van der Waals surface area contributed by atoms with E-state index in [4.69, 9.17) is 9.47 Å². The fourth-order valence-corrected chi connectivity index (χ4v) is 4.26. The number of esters is 2. The molecule has 2 aliphatic rings. The number of hydrogen-bond donors (Lipinski definition) is 0. The smallest absolute Gasteiger partial charge is 0.306 e. The van der Waals surface area contributed by atoms with E-state index in [0.29, 0.717) is 24.7 Å². The number of carbonyl (C=O) groups is 2. The fourth-order valence-electron chi connectivity index (χ4n) is 4.26. The van der Waals surface area contributed by atoms with Gasteiger partial charge in [0, 0.05) is 0 Å². The SMILES string of the molecule is COC(=O)C[C@@]1(CC(=O)OC(C)(C)C)C[C@@H]2CCCC[C@@H]21. The summed E-state index contributed by atoms with van der Waals surface area (Å²) in [6.45, 7) is 5.63. The second kappa shape index (κ2) is 5.98. The topological polar surface area (TPSA) is 52.6 Å². The van der Waals surface area contributed by atoms with Crippen molar-refractivity contribution in [3.05, 3.63) is 0 Å². The molecule has 0 radical (unpaired) electrons. The van der Waals surface area contributed by atoms with Crippen molar-refractivity contribution < 1.29 is 19.1 Å². The Labute approximate surface area is 127 Å². The Morgan fingerprint density at radius 1 is 1.10 bits per heavy atom. The highest BCUT2D eigenvalue weighted by Gasteiger charge is 2.56. The summed E-state index contributed by atoms with van der Waals surface area (Å²) in [5, 5.41) is 0. The summed E-state index contributed by atoms with van der Waals surface area (Å²) < 4.78 is 10.3. The molecular formula is C17H28O4. The van der Waals surface area contributed by atoms with Crippen LogP contribution in [0.25, 0.3) is 0 Å². The predicted octanol–water partition coefficient (Wildman–Crippen LogP) is 3.48. The minimum absolute atomic E-state index is 0.185. The summed E-state index contributed by atoms with van der Waals surface area (Å²) >= 11 is 0. The summed E-state index contributed by atoms with van der Waals surface area (Å²) in [5.74, 6) is 0.779. The third-order valence-corrected chi connectivity index (χ3v) is 5.00. The van der Waals surface area contributed by atoms with Crippen molar-refractivity contribution in [3.8, 4) is 0 Å². The highest BCUT2D eigenvalue weighted by Crippen LogP contribution is 2.61. The normalized spacial score (nSPS) is 31.8. The van der Waals surface area contributed by atoms with Crippen LogP contribution in [0.2, 0.25) is 0 Å². The van der Waals surface area contributed by atoms with Crippen LogP contribution >= 0.6 is 0 Å². The van der Waals surface area contributed by atoms with Gasteiger partial charge in [0.2, 0.25) is 0 Å². The van der Waals surface area contributed by atoms with Crippen molar-refractivity contribution in [2.75, 3.05) is 7.11 Å².